The first-order valence-electron chi connectivity index (χ1n) is 15.8. The lowest BCUT2D eigenvalue weighted by Gasteiger charge is -2.34. The molecule has 4 rings (SSSR count). The second kappa shape index (κ2) is 11.5. The third-order valence-electron chi connectivity index (χ3n) is 9.73. The number of hydrogen-bond donors (Lipinski definition) is 0. The lowest BCUT2D eigenvalue weighted by atomic mass is 9.70. The standard InChI is InChI=1S/C39H48O6/c1-18-20(3)36(22(5)26-15-28(40)24(7)34(32(18)26)38(9,10)11)44-30(42)17-31(43)45-37-21(4)19(2)33-27(23(37)6)16-29(41)25(8)35(33)39(12,13)14/h15-17H2,1-14H3. The molecule has 0 saturated carbocycles. The zero-order valence-corrected chi connectivity index (χ0v) is 29.6. The van der Waals surface area contributed by atoms with Gasteiger partial charge in [0, 0.05) is 12.8 Å². The molecule has 0 unspecified atom stereocenters. The number of hydrogen-bond acceptors (Lipinski definition) is 6. The van der Waals surface area contributed by atoms with Crippen LogP contribution in [-0.2, 0) is 32.0 Å². The normalized spacial score (nSPS) is 15.3. The predicted octanol–water partition coefficient (Wildman–Crippen LogP) is 8.33. The summed E-state index contributed by atoms with van der Waals surface area (Å²) in [4.78, 5) is 52.5. The zero-order chi connectivity index (χ0) is 34.1. The average molecular weight is 613 g/mol. The van der Waals surface area contributed by atoms with E-state index in [1.165, 1.54) is 0 Å². The Hall–Kier alpha value is -3.80. The Bertz CT molecular complexity index is 1630. The van der Waals surface area contributed by atoms with Crippen LogP contribution in [0.15, 0.2) is 11.1 Å². The highest BCUT2D eigenvalue weighted by Gasteiger charge is 2.36. The summed E-state index contributed by atoms with van der Waals surface area (Å²) in [6.45, 7) is 27.9. The highest BCUT2D eigenvalue weighted by molar-refractivity contribution is 6.09. The number of rotatable bonds is 4. The van der Waals surface area contributed by atoms with E-state index in [2.05, 4.69) is 41.5 Å². The van der Waals surface area contributed by atoms with Gasteiger partial charge in [0.25, 0.3) is 0 Å². The van der Waals surface area contributed by atoms with E-state index in [0.717, 1.165) is 77.9 Å². The van der Waals surface area contributed by atoms with Gasteiger partial charge >= 0.3 is 11.9 Å². The first-order valence-corrected chi connectivity index (χ1v) is 15.8. The molecular weight excluding hydrogens is 564 g/mol. The minimum absolute atomic E-state index is 0.0627. The van der Waals surface area contributed by atoms with Gasteiger partial charge in [0.15, 0.2) is 11.6 Å². The van der Waals surface area contributed by atoms with Gasteiger partial charge in [0.2, 0.25) is 0 Å². The molecule has 0 heterocycles. The van der Waals surface area contributed by atoms with Gasteiger partial charge in [-0.3, -0.25) is 19.2 Å². The second-order valence-corrected chi connectivity index (χ2v) is 14.9. The summed E-state index contributed by atoms with van der Waals surface area (Å²) in [6, 6.07) is 0. The lowest BCUT2D eigenvalue weighted by molar-refractivity contribution is -0.144. The molecular formula is C39H48O6. The number of carbonyl (C=O) groups excluding carboxylic acids is 4. The summed E-state index contributed by atoms with van der Waals surface area (Å²) in [6.07, 6.45) is -0.101. The maximum atomic E-state index is 13.2. The van der Waals surface area contributed by atoms with Crippen molar-refractivity contribution in [2.75, 3.05) is 0 Å². The monoisotopic (exact) mass is 612 g/mol. The molecule has 2 aliphatic rings. The highest BCUT2D eigenvalue weighted by Crippen LogP contribution is 2.48. The predicted molar refractivity (Wildman–Crippen MR) is 179 cm³/mol. The Morgan fingerprint density at radius 2 is 0.844 bits per heavy atom. The van der Waals surface area contributed by atoms with Gasteiger partial charge in [-0.1, -0.05) is 41.5 Å². The van der Waals surface area contributed by atoms with Crippen molar-refractivity contribution in [3.63, 3.8) is 0 Å². The third-order valence-corrected chi connectivity index (χ3v) is 9.73. The smallest absolute Gasteiger partial charge is 0.322 e. The summed E-state index contributed by atoms with van der Waals surface area (Å²) in [5.41, 5.74) is 11.9. The van der Waals surface area contributed by atoms with E-state index in [4.69, 9.17) is 9.47 Å². The van der Waals surface area contributed by atoms with E-state index in [0.29, 0.717) is 11.5 Å². The fourth-order valence-electron chi connectivity index (χ4n) is 7.34. The summed E-state index contributed by atoms with van der Waals surface area (Å²) < 4.78 is 11.7. The van der Waals surface area contributed by atoms with Crippen LogP contribution in [0.1, 0.15) is 117 Å². The minimum Gasteiger partial charge on any atom is -0.426 e. The first-order chi connectivity index (χ1) is 20.6. The molecule has 6 nitrogen and oxygen atoms in total. The van der Waals surface area contributed by atoms with Gasteiger partial charge in [-0.25, -0.2) is 0 Å². The maximum absolute atomic E-state index is 13.2. The van der Waals surface area contributed by atoms with E-state index in [9.17, 15) is 19.2 Å². The summed E-state index contributed by atoms with van der Waals surface area (Å²) in [5, 5.41) is 0. The molecule has 240 valence electrons. The molecule has 0 radical (unpaired) electrons. The van der Waals surface area contributed by atoms with Gasteiger partial charge in [-0.05, 0) is 144 Å². The Kier molecular flexibility index (Phi) is 8.73. The number of benzene rings is 2. The highest BCUT2D eigenvalue weighted by atomic mass is 16.6. The molecule has 45 heavy (non-hydrogen) atoms. The molecule has 0 saturated heterocycles. The van der Waals surface area contributed by atoms with Crippen molar-refractivity contribution >= 4 is 34.7 Å². The number of Topliss-reactive ketones (excluding diaryl/α,β-unsaturated/α-hetero) is 2. The topological polar surface area (TPSA) is 86.7 Å². The van der Waals surface area contributed by atoms with Crippen LogP contribution in [0.5, 0.6) is 11.5 Å². The number of ketones is 2. The number of carbonyl (C=O) groups is 4. The maximum Gasteiger partial charge on any atom is 0.322 e. The molecule has 0 N–H and O–H groups in total. The molecule has 2 aromatic carbocycles. The molecule has 2 aromatic rings. The Balaban J connectivity index is 1.64. The summed E-state index contributed by atoms with van der Waals surface area (Å²) in [7, 11) is 0. The van der Waals surface area contributed by atoms with Crippen molar-refractivity contribution in [1.82, 2.24) is 0 Å². The van der Waals surface area contributed by atoms with Gasteiger partial charge in [-0.15, -0.1) is 0 Å². The van der Waals surface area contributed by atoms with Crippen LogP contribution in [0, 0.1) is 52.4 Å². The van der Waals surface area contributed by atoms with Crippen LogP contribution in [0.4, 0.5) is 0 Å². The Labute approximate surface area is 268 Å². The summed E-state index contributed by atoms with van der Waals surface area (Å²) >= 11 is 0. The van der Waals surface area contributed by atoms with Crippen molar-refractivity contribution in [3.8, 4) is 11.5 Å². The number of ether oxygens (including phenoxy) is 2. The summed E-state index contributed by atoms with van der Waals surface area (Å²) in [5.74, 6) is -0.567. The lowest BCUT2D eigenvalue weighted by Crippen LogP contribution is -2.25. The minimum atomic E-state index is -0.732. The van der Waals surface area contributed by atoms with Crippen LogP contribution in [0.3, 0.4) is 0 Å². The second-order valence-electron chi connectivity index (χ2n) is 14.9. The number of esters is 2. The molecule has 0 atom stereocenters. The number of allylic oxidation sites excluding steroid dienone is 4. The molecule has 0 aliphatic heterocycles. The van der Waals surface area contributed by atoms with Crippen molar-refractivity contribution in [1.29, 1.82) is 0 Å². The SMILES string of the molecule is CC1=C(C(C)(C)C)c2c(C)c(C)c(OC(=O)CC(=O)Oc3c(C)c(C)c4c(c3C)CC(=O)C(C)=C4C(C)(C)C)c(C)c2CC1=O. The van der Waals surface area contributed by atoms with Crippen LogP contribution in [0.2, 0.25) is 0 Å². The van der Waals surface area contributed by atoms with E-state index >= 15 is 0 Å². The third kappa shape index (κ3) is 5.84. The van der Waals surface area contributed by atoms with E-state index in [1.807, 2.05) is 55.4 Å². The largest absolute Gasteiger partial charge is 0.426 e. The van der Waals surface area contributed by atoms with Gasteiger partial charge in [0.05, 0.1) is 0 Å². The number of fused-ring (bicyclic) bond motifs is 2. The van der Waals surface area contributed by atoms with E-state index in [1.54, 1.807) is 0 Å². The molecule has 0 aromatic heterocycles. The van der Waals surface area contributed by atoms with Crippen LogP contribution >= 0.6 is 0 Å². The quantitative estimate of drug-likeness (QED) is 0.196. The van der Waals surface area contributed by atoms with Crippen molar-refractivity contribution in [2.24, 2.45) is 10.8 Å². The van der Waals surface area contributed by atoms with E-state index in [-0.39, 0.29) is 35.2 Å². The molecule has 0 amide bonds. The van der Waals surface area contributed by atoms with Gasteiger partial charge in [0.1, 0.15) is 17.9 Å². The molecule has 0 spiro atoms. The first kappa shape index (κ1) is 34.1. The van der Waals surface area contributed by atoms with Crippen LogP contribution in [0.25, 0.3) is 11.1 Å². The average Bonchev–Trinajstić information content (AvgIpc) is 2.91. The van der Waals surface area contributed by atoms with Crippen molar-refractivity contribution in [3.05, 3.63) is 66.8 Å². The zero-order valence-electron chi connectivity index (χ0n) is 29.6. The Morgan fingerprint density at radius 1 is 0.533 bits per heavy atom. The van der Waals surface area contributed by atoms with Crippen molar-refractivity contribution < 1.29 is 28.7 Å². The fourth-order valence-corrected chi connectivity index (χ4v) is 7.34. The molecule has 2 aliphatic carbocycles. The Morgan fingerprint density at radius 3 is 1.13 bits per heavy atom. The van der Waals surface area contributed by atoms with Crippen LogP contribution in [-0.4, -0.2) is 23.5 Å². The molecule has 0 fully saturated rings. The van der Waals surface area contributed by atoms with Crippen molar-refractivity contribution in [2.45, 2.75) is 116 Å². The van der Waals surface area contributed by atoms with Gasteiger partial charge in [-0.2, -0.15) is 0 Å². The van der Waals surface area contributed by atoms with E-state index < -0.39 is 18.4 Å². The molecule has 6 heteroatoms. The fraction of sp³-hybridized carbons (Fsp3) is 0.487. The van der Waals surface area contributed by atoms with Gasteiger partial charge < -0.3 is 9.47 Å². The van der Waals surface area contributed by atoms with Crippen LogP contribution < -0.4 is 9.47 Å². The molecule has 0 bridgehead atoms.